The van der Waals surface area contributed by atoms with E-state index in [-0.39, 0.29) is 30.5 Å². The molecule has 1 aromatic rings. The lowest BCUT2D eigenvalue weighted by molar-refractivity contribution is -0.155. The van der Waals surface area contributed by atoms with Crippen LogP contribution in [0.2, 0.25) is 0 Å². The second-order valence-corrected chi connectivity index (χ2v) is 6.68. The van der Waals surface area contributed by atoms with Gasteiger partial charge in [0, 0.05) is 12.3 Å². The number of hydrogen-bond donors (Lipinski definition) is 0. The highest BCUT2D eigenvalue weighted by atomic mass is 16.6. The fourth-order valence-electron chi connectivity index (χ4n) is 2.40. The van der Waals surface area contributed by atoms with Crippen molar-refractivity contribution in [3.8, 4) is 0 Å². The molecule has 3 nitrogen and oxygen atoms in total. The molecular weight excluding hydrogens is 276 g/mol. The van der Waals surface area contributed by atoms with Crippen LogP contribution in [0.4, 0.5) is 0 Å². The molecule has 0 aliphatic heterocycles. The standard InChI is InChI=1S/C19H28O3/c1-5-16(12-11-15-9-7-6-8-10-15)17(20)13-14-18(21)22-19(2,3)4/h6-10,16H,5,11-14H2,1-4H3/t16-/m0/s1. The Morgan fingerprint density at radius 1 is 1.09 bits per heavy atom. The minimum absolute atomic E-state index is 0.0302. The lowest BCUT2D eigenvalue weighted by atomic mass is 9.91. The van der Waals surface area contributed by atoms with Crippen molar-refractivity contribution in [3.05, 3.63) is 35.9 Å². The van der Waals surface area contributed by atoms with E-state index in [1.165, 1.54) is 5.56 Å². The van der Waals surface area contributed by atoms with Gasteiger partial charge in [-0.25, -0.2) is 0 Å². The number of benzene rings is 1. The van der Waals surface area contributed by atoms with Gasteiger partial charge in [-0.15, -0.1) is 0 Å². The van der Waals surface area contributed by atoms with E-state index >= 15 is 0 Å². The molecule has 0 spiro atoms. The Kier molecular flexibility index (Phi) is 7.30. The molecule has 0 N–H and O–H groups in total. The Morgan fingerprint density at radius 2 is 1.73 bits per heavy atom. The Balaban J connectivity index is 2.39. The van der Waals surface area contributed by atoms with Gasteiger partial charge in [-0.3, -0.25) is 9.59 Å². The Labute approximate surface area is 134 Å². The number of ether oxygens (including phenoxy) is 1. The van der Waals surface area contributed by atoms with E-state index in [0.29, 0.717) is 0 Å². The highest BCUT2D eigenvalue weighted by Gasteiger charge is 2.20. The van der Waals surface area contributed by atoms with Crippen LogP contribution in [0.5, 0.6) is 0 Å². The summed E-state index contributed by atoms with van der Waals surface area (Å²) >= 11 is 0. The lowest BCUT2D eigenvalue weighted by Crippen LogP contribution is -2.25. The quantitative estimate of drug-likeness (QED) is 0.671. The monoisotopic (exact) mass is 304 g/mol. The number of hydrogen-bond acceptors (Lipinski definition) is 3. The second-order valence-electron chi connectivity index (χ2n) is 6.68. The summed E-state index contributed by atoms with van der Waals surface area (Å²) in [5.41, 5.74) is 0.762. The summed E-state index contributed by atoms with van der Waals surface area (Å²) in [5.74, 6) is -0.0919. The van der Waals surface area contributed by atoms with E-state index in [2.05, 4.69) is 12.1 Å². The number of ketones is 1. The molecule has 0 amide bonds. The second kappa shape index (κ2) is 8.72. The van der Waals surface area contributed by atoms with Gasteiger partial charge in [0.2, 0.25) is 0 Å². The summed E-state index contributed by atoms with van der Waals surface area (Å²) in [4.78, 5) is 23.9. The van der Waals surface area contributed by atoms with Gasteiger partial charge in [-0.1, -0.05) is 37.3 Å². The molecule has 0 unspecified atom stereocenters. The van der Waals surface area contributed by atoms with Crippen molar-refractivity contribution < 1.29 is 14.3 Å². The molecule has 122 valence electrons. The van der Waals surface area contributed by atoms with Gasteiger partial charge >= 0.3 is 5.97 Å². The maximum absolute atomic E-state index is 12.3. The molecule has 0 radical (unpaired) electrons. The average molecular weight is 304 g/mol. The highest BCUT2D eigenvalue weighted by Crippen LogP contribution is 2.17. The zero-order valence-electron chi connectivity index (χ0n) is 14.2. The number of carbonyl (C=O) groups excluding carboxylic acids is 2. The minimum Gasteiger partial charge on any atom is -0.460 e. The summed E-state index contributed by atoms with van der Waals surface area (Å²) in [5, 5.41) is 0. The zero-order valence-corrected chi connectivity index (χ0v) is 14.2. The van der Waals surface area contributed by atoms with Crippen LogP contribution in [0.1, 0.15) is 58.9 Å². The van der Waals surface area contributed by atoms with Gasteiger partial charge in [-0.2, -0.15) is 0 Å². The largest absolute Gasteiger partial charge is 0.460 e. The van der Waals surface area contributed by atoms with Crippen molar-refractivity contribution in [3.63, 3.8) is 0 Å². The Morgan fingerprint density at radius 3 is 2.27 bits per heavy atom. The van der Waals surface area contributed by atoms with Crippen LogP contribution in [-0.4, -0.2) is 17.4 Å². The third-order valence-corrected chi connectivity index (χ3v) is 3.57. The van der Waals surface area contributed by atoms with Crippen LogP contribution >= 0.6 is 0 Å². The topological polar surface area (TPSA) is 43.4 Å². The van der Waals surface area contributed by atoms with E-state index in [9.17, 15) is 9.59 Å². The van der Waals surface area contributed by atoms with E-state index in [1.807, 2.05) is 45.9 Å². The molecule has 0 aliphatic carbocycles. The van der Waals surface area contributed by atoms with Crippen LogP contribution in [0.25, 0.3) is 0 Å². The van der Waals surface area contributed by atoms with Crippen molar-refractivity contribution in [2.24, 2.45) is 5.92 Å². The molecule has 0 aromatic heterocycles. The molecule has 0 saturated carbocycles. The lowest BCUT2D eigenvalue weighted by Gasteiger charge is -2.20. The van der Waals surface area contributed by atoms with Gasteiger partial charge in [0.25, 0.3) is 0 Å². The molecule has 0 bridgehead atoms. The Hall–Kier alpha value is -1.64. The number of esters is 1. The van der Waals surface area contributed by atoms with Crippen molar-refractivity contribution in [1.82, 2.24) is 0 Å². The van der Waals surface area contributed by atoms with Crippen molar-refractivity contribution >= 4 is 11.8 Å². The van der Waals surface area contributed by atoms with Crippen LogP contribution in [-0.2, 0) is 20.7 Å². The SMILES string of the molecule is CC[C@@H](CCc1ccccc1)C(=O)CCC(=O)OC(C)(C)C. The molecule has 0 aliphatic rings. The molecule has 0 fully saturated rings. The minimum atomic E-state index is -0.488. The Bertz CT molecular complexity index is 471. The summed E-state index contributed by atoms with van der Waals surface area (Å²) in [6, 6.07) is 10.2. The number of Topliss-reactive ketones (excluding diaryl/α,β-unsaturated/α-hetero) is 1. The number of carbonyl (C=O) groups is 2. The molecule has 1 rings (SSSR count). The first kappa shape index (κ1) is 18.4. The molecule has 0 saturated heterocycles. The summed E-state index contributed by atoms with van der Waals surface area (Å²) < 4.78 is 5.24. The summed E-state index contributed by atoms with van der Waals surface area (Å²) in [7, 11) is 0. The predicted octanol–water partition coefficient (Wildman–Crippen LogP) is 4.34. The molecule has 1 aromatic carbocycles. The first-order valence-electron chi connectivity index (χ1n) is 8.10. The molecule has 22 heavy (non-hydrogen) atoms. The van der Waals surface area contributed by atoms with Crippen LogP contribution in [0.3, 0.4) is 0 Å². The van der Waals surface area contributed by atoms with Gasteiger partial charge < -0.3 is 4.74 Å². The van der Waals surface area contributed by atoms with Crippen LogP contribution in [0.15, 0.2) is 30.3 Å². The highest BCUT2D eigenvalue weighted by molar-refractivity contribution is 5.84. The van der Waals surface area contributed by atoms with Crippen molar-refractivity contribution in [2.45, 2.75) is 65.4 Å². The fourth-order valence-corrected chi connectivity index (χ4v) is 2.40. The average Bonchev–Trinajstić information content (AvgIpc) is 2.45. The van der Waals surface area contributed by atoms with E-state index < -0.39 is 5.60 Å². The van der Waals surface area contributed by atoms with Gasteiger partial charge in [-0.05, 0) is 45.6 Å². The van der Waals surface area contributed by atoms with Gasteiger partial charge in [0.15, 0.2) is 0 Å². The normalized spacial score (nSPS) is 12.7. The van der Waals surface area contributed by atoms with Crippen molar-refractivity contribution in [1.29, 1.82) is 0 Å². The summed E-state index contributed by atoms with van der Waals surface area (Å²) in [6.45, 7) is 7.53. The predicted molar refractivity (Wildman–Crippen MR) is 88.6 cm³/mol. The first-order chi connectivity index (χ1) is 10.3. The van der Waals surface area contributed by atoms with E-state index in [4.69, 9.17) is 4.74 Å². The van der Waals surface area contributed by atoms with Gasteiger partial charge in [0.05, 0.1) is 6.42 Å². The molecule has 1 atom stereocenters. The first-order valence-corrected chi connectivity index (χ1v) is 8.10. The number of aryl methyl sites for hydroxylation is 1. The third kappa shape index (κ3) is 7.39. The van der Waals surface area contributed by atoms with E-state index in [1.54, 1.807) is 0 Å². The van der Waals surface area contributed by atoms with Gasteiger partial charge in [0.1, 0.15) is 11.4 Å². The maximum atomic E-state index is 12.3. The molecule has 0 heterocycles. The zero-order chi connectivity index (χ0) is 16.6. The maximum Gasteiger partial charge on any atom is 0.306 e. The van der Waals surface area contributed by atoms with Crippen LogP contribution in [0, 0.1) is 5.92 Å². The summed E-state index contributed by atoms with van der Waals surface area (Å²) in [6.07, 6.45) is 3.02. The number of rotatable bonds is 8. The molecule has 3 heteroatoms. The van der Waals surface area contributed by atoms with E-state index in [0.717, 1.165) is 19.3 Å². The smallest absolute Gasteiger partial charge is 0.306 e. The van der Waals surface area contributed by atoms with Crippen molar-refractivity contribution in [2.75, 3.05) is 0 Å². The van der Waals surface area contributed by atoms with Crippen LogP contribution < -0.4 is 0 Å². The molecular formula is C19H28O3. The third-order valence-electron chi connectivity index (χ3n) is 3.57. The fraction of sp³-hybridized carbons (Fsp3) is 0.579.